The quantitative estimate of drug-likeness (QED) is 0.0878. The number of aromatic hydroxyl groups is 3. The summed E-state index contributed by atoms with van der Waals surface area (Å²) in [5, 5.41) is 125. The summed E-state index contributed by atoms with van der Waals surface area (Å²) < 4.78 is 38.7. The molecule has 0 aliphatic carbocycles. The lowest BCUT2D eigenvalue weighted by Crippen LogP contribution is -2.65. The van der Waals surface area contributed by atoms with Crippen LogP contribution in [0.15, 0.2) is 30.3 Å². The third-order valence-corrected chi connectivity index (χ3v) is 9.50. The number of carbonyl (C=O) groups excluding carboxylic acids is 1. The van der Waals surface area contributed by atoms with E-state index < -0.39 is 128 Å². The van der Waals surface area contributed by atoms with Gasteiger partial charge in [0.25, 0.3) is 0 Å². The number of ether oxygens (including phenoxy) is 7. The molecule has 12 N–H and O–H groups in total. The van der Waals surface area contributed by atoms with Crippen LogP contribution >= 0.6 is 0 Å². The Balaban J connectivity index is 1.35. The summed E-state index contributed by atoms with van der Waals surface area (Å²) in [7, 11) is 1.38. The number of aliphatic hydroxyl groups excluding tert-OH is 9. The molecule has 3 fully saturated rings. The van der Waals surface area contributed by atoms with Crippen LogP contribution < -0.4 is 9.47 Å². The number of aliphatic hydroxyl groups is 9. The summed E-state index contributed by atoms with van der Waals surface area (Å²) in [5.74, 6) is -2.39. The fourth-order valence-electron chi connectivity index (χ4n) is 6.31. The third-order valence-electron chi connectivity index (χ3n) is 9.50. The van der Waals surface area contributed by atoms with Crippen LogP contribution in [0.2, 0.25) is 0 Å². The van der Waals surface area contributed by atoms with Gasteiger partial charge in [0, 0.05) is 18.6 Å². The molecule has 20 nitrogen and oxygen atoms in total. The van der Waals surface area contributed by atoms with Gasteiger partial charge in [0.15, 0.2) is 36.0 Å². The van der Waals surface area contributed by atoms with Gasteiger partial charge in [0.05, 0.1) is 26.4 Å². The first-order valence-electron chi connectivity index (χ1n) is 17.0. The van der Waals surface area contributed by atoms with Gasteiger partial charge in [0.1, 0.15) is 83.9 Å². The number of hydrogen-bond acceptors (Lipinski definition) is 20. The highest BCUT2D eigenvalue weighted by molar-refractivity contribution is 6.01. The van der Waals surface area contributed by atoms with Crippen LogP contribution in [-0.4, -0.2) is 180 Å². The van der Waals surface area contributed by atoms with Crippen LogP contribution in [0.1, 0.15) is 29.3 Å². The Morgan fingerprint density at radius 1 is 0.704 bits per heavy atom. The standard InChI is InChI=1S/C34H46O20/c1-12-23(40)26(43)30(47)33(50-12)54-31-28(45)25(42)21(11-49-32-29(46)27(44)24(41)20(10-35)52-32)53-34(31)51-14-8-17(38)22(18(39)9-14)15(36)5-3-13-4-6-19(48-2)16(37)7-13/h4,6-9,12,20-21,23-35,37-47H,3,5,10-11H2,1-2H3/t12-,20+,21+,23-,24+,25+,26+,27-,28-,29+,30+,31+,32-,33-,34+/m0/s1. The number of benzene rings is 2. The number of phenols is 3. The molecule has 15 atom stereocenters. The van der Waals surface area contributed by atoms with Gasteiger partial charge in [-0.3, -0.25) is 4.79 Å². The van der Waals surface area contributed by atoms with Gasteiger partial charge >= 0.3 is 0 Å². The molecular weight excluding hydrogens is 728 g/mol. The lowest BCUT2D eigenvalue weighted by Gasteiger charge is -2.46. The van der Waals surface area contributed by atoms with E-state index >= 15 is 0 Å². The number of carbonyl (C=O) groups is 1. The summed E-state index contributed by atoms with van der Waals surface area (Å²) in [6, 6.07) is 6.42. The summed E-state index contributed by atoms with van der Waals surface area (Å²) in [5.41, 5.74) is 0.106. The normalized spacial score (nSPS) is 37.1. The zero-order valence-corrected chi connectivity index (χ0v) is 29.0. The van der Waals surface area contributed by atoms with E-state index in [1.165, 1.54) is 26.2 Å². The molecule has 5 rings (SSSR count). The monoisotopic (exact) mass is 774 g/mol. The molecule has 0 spiro atoms. The van der Waals surface area contributed by atoms with E-state index in [4.69, 9.17) is 33.2 Å². The number of methoxy groups -OCH3 is 1. The molecule has 2 aromatic carbocycles. The van der Waals surface area contributed by atoms with Gasteiger partial charge in [-0.05, 0) is 31.0 Å². The predicted molar refractivity (Wildman–Crippen MR) is 175 cm³/mol. The average molecular weight is 775 g/mol. The van der Waals surface area contributed by atoms with Gasteiger partial charge < -0.3 is 94.4 Å². The lowest BCUT2D eigenvalue weighted by atomic mass is 9.97. The smallest absolute Gasteiger partial charge is 0.229 e. The second-order valence-electron chi connectivity index (χ2n) is 13.2. The van der Waals surface area contributed by atoms with Crippen molar-refractivity contribution < 1.29 is 99.2 Å². The minimum absolute atomic E-state index is 0.120. The van der Waals surface area contributed by atoms with E-state index in [0.717, 1.165) is 12.1 Å². The van der Waals surface area contributed by atoms with Gasteiger partial charge in [-0.15, -0.1) is 0 Å². The number of hydrogen-bond donors (Lipinski definition) is 12. The van der Waals surface area contributed by atoms with Crippen LogP contribution in [0.4, 0.5) is 0 Å². The van der Waals surface area contributed by atoms with Crippen molar-refractivity contribution in [2.24, 2.45) is 0 Å². The molecule has 2 aromatic rings. The Labute approximate surface area is 307 Å². The third kappa shape index (κ3) is 8.82. The van der Waals surface area contributed by atoms with E-state index in [9.17, 15) is 66.1 Å². The summed E-state index contributed by atoms with van der Waals surface area (Å²) in [6.07, 6.45) is -25.2. The second kappa shape index (κ2) is 17.6. The molecule has 0 unspecified atom stereocenters. The molecule has 3 aliphatic rings. The maximum atomic E-state index is 13.1. The van der Waals surface area contributed by atoms with Gasteiger partial charge in [-0.2, -0.15) is 0 Å². The molecule has 3 saturated heterocycles. The highest BCUT2D eigenvalue weighted by Gasteiger charge is 2.52. The number of Topliss-reactive ketones (excluding diaryl/α,β-unsaturated/α-hetero) is 1. The van der Waals surface area contributed by atoms with Crippen molar-refractivity contribution in [1.29, 1.82) is 0 Å². The highest BCUT2D eigenvalue weighted by atomic mass is 16.8. The Kier molecular flexibility index (Phi) is 13.6. The number of rotatable bonds is 13. The number of aryl methyl sites for hydroxylation is 1. The minimum atomic E-state index is -1.96. The molecule has 0 saturated carbocycles. The van der Waals surface area contributed by atoms with E-state index in [2.05, 4.69) is 0 Å². The molecule has 20 heteroatoms. The molecule has 54 heavy (non-hydrogen) atoms. The molecule has 302 valence electrons. The molecule has 3 aliphatic heterocycles. The van der Waals surface area contributed by atoms with E-state index in [-0.39, 0.29) is 30.1 Å². The Hall–Kier alpha value is -3.45. The molecule has 3 heterocycles. The SMILES string of the molecule is COc1ccc(CCC(=O)c2c(O)cc(O[C@@H]3O[C@H](CO[C@H]4O[C@H](CO)[C@@H](O)[C@H](O)[C@H]4O)[C@@H](O)[C@H](O)[C@H]3O[C@@H]3O[C@@H](C)[C@H](O)[C@@H](O)[C@H]3O)cc2O)cc1O. The van der Waals surface area contributed by atoms with Crippen LogP contribution in [0.25, 0.3) is 0 Å². The number of phenolic OH excluding ortho intramolecular Hbond substituents is 3. The average Bonchev–Trinajstić information content (AvgIpc) is 3.13. The van der Waals surface area contributed by atoms with Crippen molar-refractivity contribution in [2.45, 2.75) is 112 Å². The highest BCUT2D eigenvalue weighted by Crippen LogP contribution is 2.37. The number of ketones is 1. The first-order chi connectivity index (χ1) is 25.6. The van der Waals surface area contributed by atoms with Crippen molar-refractivity contribution in [1.82, 2.24) is 0 Å². The molecule has 0 radical (unpaired) electrons. The van der Waals surface area contributed by atoms with Gasteiger partial charge in [0.2, 0.25) is 6.29 Å². The first kappa shape index (κ1) is 41.7. The van der Waals surface area contributed by atoms with Crippen molar-refractivity contribution in [3.05, 3.63) is 41.5 Å². The maximum Gasteiger partial charge on any atom is 0.229 e. The van der Waals surface area contributed by atoms with Crippen LogP contribution in [0, 0.1) is 0 Å². The van der Waals surface area contributed by atoms with Crippen LogP contribution in [0.5, 0.6) is 28.7 Å². The van der Waals surface area contributed by atoms with E-state index in [0.29, 0.717) is 5.56 Å². The summed E-state index contributed by atoms with van der Waals surface area (Å²) in [6.45, 7) is -0.0694. The fourth-order valence-corrected chi connectivity index (χ4v) is 6.31. The zero-order valence-electron chi connectivity index (χ0n) is 29.0. The van der Waals surface area contributed by atoms with Gasteiger partial charge in [-0.1, -0.05) is 6.07 Å². The van der Waals surface area contributed by atoms with Crippen molar-refractivity contribution in [3.8, 4) is 28.7 Å². The Morgan fingerprint density at radius 3 is 1.94 bits per heavy atom. The summed E-state index contributed by atoms with van der Waals surface area (Å²) in [4.78, 5) is 13.1. The minimum Gasteiger partial charge on any atom is -0.507 e. The van der Waals surface area contributed by atoms with Crippen molar-refractivity contribution >= 4 is 5.78 Å². The lowest BCUT2D eigenvalue weighted by molar-refractivity contribution is -0.360. The summed E-state index contributed by atoms with van der Waals surface area (Å²) >= 11 is 0. The van der Waals surface area contributed by atoms with E-state index in [1.807, 2.05) is 0 Å². The largest absolute Gasteiger partial charge is 0.507 e. The van der Waals surface area contributed by atoms with Crippen molar-refractivity contribution in [2.75, 3.05) is 20.3 Å². The Bertz CT molecular complexity index is 1550. The molecule has 0 amide bonds. The molecule has 0 bridgehead atoms. The fraction of sp³-hybridized carbons (Fsp3) is 0.618. The first-order valence-corrected chi connectivity index (χ1v) is 17.0. The van der Waals surface area contributed by atoms with Crippen LogP contribution in [0.3, 0.4) is 0 Å². The van der Waals surface area contributed by atoms with Crippen molar-refractivity contribution in [3.63, 3.8) is 0 Å². The zero-order chi connectivity index (χ0) is 39.6. The Morgan fingerprint density at radius 2 is 1.31 bits per heavy atom. The molecular formula is C34H46O20. The van der Waals surface area contributed by atoms with Gasteiger partial charge in [-0.25, -0.2) is 0 Å². The molecule has 0 aromatic heterocycles. The maximum absolute atomic E-state index is 13.1. The predicted octanol–water partition coefficient (Wildman–Crippen LogP) is -3.52. The topological polar surface area (TPSA) is 324 Å². The second-order valence-corrected chi connectivity index (χ2v) is 13.2. The van der Waals surface area contributed by atoms with E-state index in [1.54, 1.807) is 6.07 Å². The van der Waals surface area contributed by atoms with Crippen LogP contribution in [-0.2, 0) is 30.1 Å².